The molecule has 0 aliphatic carbocycles. The van der Waals surface area contributed by atoms with E-state index in [4.69, 9.17) is 0 Å². The van der Waals surface area contributed by atoms with E-state index in [9.17, 15) is 0 Å². The van der Waals surface area contributed by atoms with Crippen molar-refractivity contribution in [3.8, 4) is 0 Å². The number of halogens is 1. The molecule has 1 rings (SSSR count). The summed E-state index contributed by atoms with van der Waals surface area (Å²) < 4.78 is 1.14. The molecule has 0 fully saturated rings. The van der Waals surface area contributed by atoms with Crippen LogP contribution in [-0.4, -0.2) is 30.6 Å². The standard InChI is InChI=1S/C12H21IN4/c1-6-7-14-11-9(13)10(8(2)3)15-12(16-11)17(4)5/h8H,6-7H2,1-5H3,(H,14,15,16). The third kappa shape index (κ3) is 3.69. The van der Waals surface area contributed by atoms with Crippen LogP contribution in [0.3, 0.4) is 0 Å². The normalized spacial score (nSPS) is 10.8. The molecule has 0 unspecified atom stereocenters. The lowest BCUT2D eigenvalue weighted by atomic mass is 10.1. The zero-order valence-corrected chi connectivity index (χ0v) is 13.4. The van der Waals surface area contributed by atoms with Gasteiger partial charge in [-0.1, -0.05) is 20.8 Å². The molecule has 1 N–H and O–H groups in total. The minimum Gasteiger partial charge on any atom is -0.369 e. The quantitative estimate of drug-likeness (QED) is 0.831. The Morgan fingerprint density at radius 3 is 2.41 bits per heavy atom. The van der Waals surface area contributed by atoms with Crippen molar-refractivity contribution in [1.82, 2.24) is 9.97 Å². The zero-order valence-electron chi connectivity index (χ0n) is 11.2. The minimum absolute atomic E-state index is 0.408. The number of anilines is 2. The summed E-state index contributed by atoms with van der Waals surface area (Å²) in [5.74, 6) is 2.13. The summed E-state index contributed by atoms with van der Waals surface area (Å²) in [6, 6.07) is 0. The minimum atomic E-state index is 0.408. The first-order chi connectivity index (χ1) is 7.97. The lowest BCUT2D eigenvalue weighted by Gasteiger charge is -2.17. The van der Waals surface area contributed by atoms with E-state index in [2.05, 4.69) is 58.6 Å². The van der Waals surface area contributed by atoms with Gasteiger partial charge in [-0.05, 0) is 34.9 Å². The Bertz CT molecular complexity index is 377. The third-order valence-electron chi connectivity index (χ3n) is 2.35. The summed E-state index contributed by atoms with van der Waals surface area (Å²) in [5, 5.41) is 3.37. The number of nitrogens with one attached hydrogen (secondary N) is 1. The van der Waals surface area contributed by atoms with Crippen LogP contribution in [0, 0.1) is 3.57 Å². The van der Waals surface area contributed by atoms with E-state index in [1.807, 2.05) is 19.0 Å². The Labute approximate surface area is 117 Å². The van der Waals surface area contributed by atoms with Crippen LogP contribution >= 0.6 is 22.6 Å². The highest BCUT2D eigenvalue weighted by molar-refractivity contribution is 14.1. The summed E-state index contributed by atoms with van der Waals surface area (Å²) >= 11 is 2.33. The lowest BCUT2D eigenvalue weighted by Crippen LogP contribution is -2.17. The molecule has 17 heavy (non-hydrogen) atoms. The SMILES string of the molecule is CCCNc1nc(N(C)C)nc(C(C)C)c1I. The van der Waals surface area contributed by atoms with Crippen LogP contribution in [-0.2, 0) is 0 Å². The number of hydrogen-bond donors (Lipinski definition) is 1. The van der Waals surface area contributed by atoms with E-state index in [1.54, 1.807) is 0 Å². The van der Waals surface area contributed by atoms with Gasteiger partial charge in [0.05, 0.1) is 9.26 Å². The Kier molecular flexibility index (Phi) is 5.42. The molecule has 0 saturated carbocycles. The molecule has 0 aromatic carbocycles. The Hall–Kier alpha value is -0.590. The van der Waals surface area contributed by atoms with Crippen LogP contribution in [0.5, 0.6) is 0 Å². The van der Waals surface area contributed by atoms with Gasteiger partial charge < -0.3 is 10.2 Å². The molecular weight excluding hydrogens is 327 g/mol. The van der Waals surface area contributed by atoms with Gasteiger partial charge in [0.15, 0.2) is 0 Å². The summed E-state index contributed by atoms with van der Waals surface area (Å²) in [4.78, 5) is 11.1. The van der Waals surface area contributed by atoms with Crippen molar-refractivity contribution < 1.29 is 0 Å². The molecular formula is C12H21IN4. The van der Waals surface area contributed by atoms with Crippen LogP contribution in [0.2, 0.25) is 0 Å². The van der Waals surface area contributed by atoms with Crippen molar-refractivity contribution in [2.75, 3.05) is 30.9 Å². The summed E-state index contributed by atoms with van der Waals surface area (Å²) in [6.45, 7) is 7.41. The molecule has 0 saturated heterocycles. The van der Waals surface area contributed by atoms with E-state index in [0.29, 0.717) is 5.92 Å². The maximum Gasteiger partial charge on any atom is 0.227 e. The third-order valence-corrected chi connectivity index (χ3v) is 3.42. The molecule has 0 amide bonds. The molecule has 1 heterocycles. The Balaban J connectivity index is 3.18. The molecule has 0 spiro atoms. The van der Waals surface area contributed by atoms with Crippen LogP contribution in [0.15, 0.2) is 0 Å². The van der Waals surface area contributed by atoms with Gasteiger partial charge in [-0.3, -0.25) is 0 Å². The second-order valence-electron chi connectivity index (χ2n) is 4.55. The fraction of sp³-hybridized carbons (Fsp3) is 0.667. The van der Waals surface area contributed by atoms with Crippen LogP contribution in [0.1, 0.15) is 38.8 Å². The second kappa shape index (κ2) is 6.37. The average Bonchev–Trinajstić information content (AvgIpc) is 2.26. The fourth-order valence-electron chi connectivity index (χ4n) is 1.40. The Morgan fingerprint density at radius 1 is 1.29 bits per heavy atom. The van der Waals surface area contributed by atoms with Crippen molar-refractivity contribution in [1.29, 1.82) is 0 Å². The molecule has 5 heteroatoms. The number of rotatable bonds is 5. The van der Waals surface area contributed by atoms with E-state index >= 15 is 0 Å². The monoisotopic (exact) mass is 348 g/mol. The van der Waals surface area contributed by atoms with Gasteiger partial charge in [-0.25, -0.2) is 4.98 Å². The first-order valence-electron chi connectivity index (χ1n) is 5.96. The maximum absolute atomic E-state index is 4.61. The van der Waals surface area contributed by atoms with Crippen LogP contribution in [0.25, 0.3) is 0 Å². The Morgan fingerprint density at radius 2 is 1.94 bits per heavy atom. The van der Waals surface area contributed by atoms with Gasteiger partial charge >= 0.3 is 0 Å². The van der Waals surface area contributed by atoms with Crippen molar-refractivity contribution in [2.24, 2.45) is 0 Å². The summed E-state index contributed by atoms with van der Waals surface area (Å²) in [5.41, 5.74) is 1.11. The van der Waals surface area contributed by atoms with Crippen LogP contribution in [0.4, 0.5) is 11.8 Å². The van der Waals surface area contributed by atoms with Crippen molar-refractivity contribution in [3.05, 3.63) is 9.26 Å². The predicted molar refractivity (Wildman–Crippen MR) is 81.9 cm³/mol. The van der Waals surface area contributed by atoms with Gasteiger partial charge in [-0.15, -0.1) is 0 Å². The van der Waals surface area contributed by atoms with E-state index in [-0.39, 0.29) is 0 Å². The van der Waals surface area contributed by atoms with Gasteiger partial charge in [0, 0.05) is 20.6 Å². The maximum atomic E-state index is 4.61. The number of nitrogens with zero attached hydrogens (tertiary/aromatic N) is 3. The zero-order chi connectivity index (χ0) is 13.0. The van der Waals surface area contributed by atoms with Gasteiger partial charge in [0.2, 0.25) is 5.95 Å². The van der Waals surface area contributed by atoms with E-state index in [1.165, 1.54) is 0 Å². The van der Waals surface area contributed by atoms with E-state index in [0.717, 1.165) is 34.0 Å². The molecule has 4 nitrogen and oxygen atoms in total. The predicted octanol–water partition coefficient (Wildman–Crippen LogP) is 3.09. The second-order valence-corrected chi connectivity index (χ2v) is 5.63. The molecule has 1 aromatic heterocycles. The topological polar surface area (TPSA) is 41.1 Å². The molecule has 96 valence electrons. The smallest absolute Gasteiger partial charge is 0.227 e. The average molecular weight is 348 g/mol. The van der Waals surface area contributed by atoms with Crippen molar-refractivity contribution in [2.45, 2.75) is 33.1 Å². The lowest BCUT2D eigenvalue weighted by molar-refractivity contribution is 0.797. The van der Waals surface area contributed by atoms with Gasteiger partial charge in [0.1, 0.15) is 5.82 Å². The van der Waals surface area contributed by atoms with E-state index < -0.39 is 0 Å². The highest BCUT2D eigenvalue weighted by atomic mass is 127. The molecule has 1 aromatic rings. The largest absolute Gasteiger partial charge is 0.369 e. The molecule has 0 aliphatic rings. The summed E-state index contributed by atoms with van der Waals surface area (Å²) in [7, 11) is 3.94. The molecule has 0 atom stereocenters. The summed E-state index contributed by atoms with van der Waals surface area (Å²) in [6.07, 6.45) is 1.09. The number of aromatic nitrogens is 2. The first kappa shape index (κ1) is 14.5. The van der Waals surface area contributed by atoms with Gasteiger partial charge in [-0.2, -0.15) is 4.98 Å². The molecule has 0 aliphatic heterocycles. The highest BCUT2D eigenvalue weighted by Crippen LogP contribution is 2.26. The highest BCUT2D eigenvalue weighted by Gasteiger charge is 2.15. The van der Waals surface area contributed by atoms with Crippen molar-refractivity contribution in [3.63, 3.8) is 0 Å². The number of hydrogen-bond acceptors (Lipinski definition) is 4. The molecule has 0 bridgehead atoms. The fourth-order valence-corrected chi connectivity index (χ4v) is 2.45. The molecule has 0 radical (unpaired) electrons. The first-order valence-corrected chi connectivity index (χ1v) is 7.03. The van der Waals surface area contributed by atoms with Crippen molar-refractivity contribution >= 4 is 34.4 Å². The van der Waals surface area contributed by atoms with Gasteiger partial charge in [0.25, 0.3) is 0 Å². The van der Waals surface area contributed by atoms with Crippen LogP contribution < -0.4 is 10.2 Å².